The van der Waals surface area contributed by atoms with E-state index < -0.39 is 11.4 Å². The summed E-state index contributed by atoms with van der Waals surface area (Å²) >= 11 is 0. The molecule has 0 radical (unpaired) electrons. The Labute approximate surface area is 108 Å². The highest BCUT2D eigenvalue weighted by molar-refractivity contribution is 5.73. The molecular weight excluding hydrogens is 228 g/mol. The molecule has 1 rings (SSSR count). The Bertz CT molecular complexity index is 385. The molecule has 0 saturated heterocycles. The first-order valence-corrected chi connectivity index (χ1v) is 6.33. The summed E-state index contributed by atoms with van der Waals surface area (Å²) in [5, 5.41) is 12.2. The van der Waals surface area contributed by atoms with E-state index in [1.165, 1.54) is 0 Å². The monoisotopic (exact) mass is 250 g/mol. The summed E-state index contributed by atoms with van der Waals surface area (Å²) in [6.45, 7) is 6.99. The molecule has 0 aliphatic carbocycles. The van der Waals surface area contributed by atoms with Crippen LogP contribution >= 0.6 is 0 Å². The predicted molar refractivity (Wildman–Crippen MR) is 71.4 cm³/mol. The van der Waals surface area contributed by atoms with Gasteiger partial charge in [-0.2, -0.15) is 0 Å². The van der Waals surface area contributed by atoms with Crippen LogP contribution in [0.15, 0.2) is 18.3 Å². The molecule has 0 atom stereocenters. The van der Waals surface area contributed by atoms with Crippen molar-refractivity contribution in [2.75, 3.05) is 6.54 Å². The average Bonchev–Trinajstić information content (AvgIpc) is 2.35. The highest BCUT2D eigenvalue weighted by atomic mass is 16.4. The highest BCUT2D eigenvalue weighted by Crippen LogP contribution is 2.19. The second-order valence-corrected chi connectivity index (χ2v) is 5.13. The van der Waals surface area contributed by atoms with Crippen molar-refractivity contribution in [1.29, 1.82) is 0 Å². The van der Waals surface area contributed by atoms with Gasteiger partial charge in [0.15, 0.2) is 0 Å². The van der Waals surface area contributed by atoms with Crippen LogP contribution in [0.2, 0.25) is 0 Å². The van der Waals surface area contributed by atoms with Crippen LogP contribution in [0.1, 0.15) is 38.4 Å². The number of rotatable bonds is 7. The van der Waals surface area contributed by atoms with Crippen molar-refractivity contribution in [2.45, 2.75) is 40.2 Å². The first-order valence-electron chi connectivity index (χ1n) is 6.33. The van der Waals surface area contributed by atoms with Gasteiger partial charge in [0.05, 0.1) is 5.41 Å². The molecule has 0 amide bonds. The average molecular weight is 250 g/mol. The number of carboxylic acids is 1. The molecule has 0 spiro atoms. The van der Waals surface area contributed by atoms with Crippen molar-refractivity contribution < 1.29 is 9.90 Å². The van der Waals surface area contributed by atoms with Gasteiger partial charge in [0.25, 0.3) is 0 Å². The van der Waals surface area contributed by atoms with E-state index >= 15 is 0 Å². The van der Waals surface area contributed by atoms with Crippen LogP contribution in [0, 0.1) is 5.41 Å². The Morgan fingerprint density at radius 2 is 2.17 bits per heavy atom. The van der Waals surface area contributed by atoms with E-state index in [9.17, 15) is 4.79 Å². The molecule has 0 aliphatic rings. The molecule has 0 aliphatic heterocycles. The molecule has 1 heterocycles. The summed E-state index contributed by atoms with van der Waals surface area (Å²) in [4.78, 5) is 15.2. The van der Waals surface area contributed by atoms with Gasteiger partial charge in [0.1, 0.15) is 0 Å². The first-order chi connectivity index (χ1) is 8.45. The van der Waals surface area contributed by atoms with E-state index in [4.69, 9.17) is 5.11 Å². The second kappa shape index (κ2) is 6.50. The zero-order valence-electron chi connectivity index (χ0n) is 11.4. The van der Waals surface area contributed by atoms with Crippen LogP contribution in [0.25, 0.3) is 0 Å². The maximum Gasteiger partial charge on any atom is 0.309 e. The fraction of sp³-hybridized carbons (Fsp3) is 0.571. The van der Waals surface area contributed by atoms with Crippen molar-refractivity contribution in [1.82, 2.24) is 10.3 Å². The van der Waals surface area contributed by atoms with Crippen molar-refractivity contribution in [3.63, 3.8) is 0 Å². The molecule has 1 aromatic heterocycles. The van der Waals surface area contributed by atoms with Crippen LogP contribution < -0.4 is 5.32 Å². The lowest BCUT2D eigenvalue weighted by atomic mass is 9.90. The number of carbonyl (C=O) groups is 1. The van der Waals surface area contributed by atoms with E-state index in [-0.39, 0.29) is 0 Å². The lowest BCUT2D eigenvalue weighted by Gasteiger charge is -2.18. The third-order valence-electron chi connectivity index (χ3n) is 3.08. The first kappa shape index (κ1) is 14.6. The van der Waals surface area contributed by atoms with E-state index in [1.807, 2.05) is 12.3 Å². The molecule has 0 aromatic carbocycles. The molecule has 1 aromatic rings. The molecule has 0 saturated carbocycles. The van der Waals surface area contributed by atoms with Crippen LogP contribution in [-0.2, 0) is 17.8 Å². The molecule has 18 heavy (non-hydrogen) atoms. The van der Waals surface area contributed by atoms with Gasteiger partial charge in [-0.15, -0.1) is 0 Å². The smallest absolute Gasteiger partial charge is 0.309 e. The molecule has 4 nitrogen and oxygen atoms in total. The number of aryl methyl sites for hydroxylation is 1. The summed E-state index contributed by atoms with van der Waals surface area (Å²) in [5.41, 5.74) is 1.54. The van der Waals surface area contributed by atoms with Gasteiger partial charge in [-0.25, -0.2) is 0 Å². The summed E-state index contributed by atoms with van der Waals surface area (Å²) in [6.07, 6.45) is 3.43. The van der Waals surface area contributed by atoms with Gasteiger partial charge in [0.2, 0.25) is 0 Å². The standard InChI is InChI=1S/C14H22N2O2/c1-4-12-6-5-11(10-16-12)9-15-8-7-14(2,3)13(17)18/h5-6,10,15H,4,7-9H2,1-3H3,(H,17,18). The van der Waals surface area contributed by atoms with Crippen LogP contribution in [0.5, 0.6) is 0 Å². The fourth-order valence-electron chi connectivity index (χ4n) is 1.51. The Morgan fingerprint density at radius 3 is 2.67 bits per heavy atom. The van der Waals surface area contributed by atoms with E-state index in [0.29, 0.717) is 13.0 Å². The lowest BCUT2D eigenvalue weighted by molar-refractivity contribution is -0.147. The minimum atomic E-state index is -0.752. The number of hydrogen-bond acceptors (Lipinski definition) is 3. The number of nitrogens with one attached hydrogen (secondary N) is 1. The third kappa shape index (κ3) is 4.45. The second-order valence-electron chi connectivity index (χ2n) is 5.13. The Morgan fingerprint density at radius 1 is 1.44 bits per heavy atom. The summed E-state index contributed by atoms with van der Waals surface area (Å²) < 4.78 is 0. The minimum Gasteiger partial charge on any atom is -0.481 e. The number of pyridine rings is 1. The van der Waals surface area contributed by atoms with Gasteiger partial charge in [-0.1, -0.05) is 13.0 Å². The normalized spacial score (nSPS) is 11.5. The number of hydrogen-bond donors (Lipinski definition) is 2. The van der Waals surface area contributed by atoms with Crippen molar-refractivity contribution in [2.24, 2.45) is 5.41 Å². The van der Waals surface area contributed by atoms with Gasteiger partial charge in [-0.05, 0) is 44.9 Å². The zero-order chi connectivity index (χ0) is 13.6. The number of nitrogens with zero attached hydrogens (tertiary/aromatic N) is 1. The van der Waals surface area contributed by atoms with Gasteiger partial charge in [0, 0.05) is 18.4 Å². The van der Waals surface area contributed by atoms with Crippen LogP contribution in [-0.4, -0.2) is 22.6 Å². The molecule has 0 bridgehead atoms. The van der Waals surface area contributed by atoms with E-state index in [0.717, 1.165) is 24.2 Å². The number of carboxylic acid groups (broad SMARTS) is 1. The quantitative estimate of drug-likeness (QED) is 0.728. The minimum absolute atomic E-state index is 0.614. The third-order valence-corrected chi connectivity index (χ3v) is 3.08. The molecule has 2 N–H and O–H groups in total. The molecular formula is C14H22N2O2. The summed E-state index contributed by atoms with van der Waals surface area (Å²) in [5.74, 6) is -0.752. The maximum atomic E-state index is 10.9. The van der Waals surface area contributed by atoms with Gasteiger partial charge >= 0.3 is 5.97 Å². The molecule has 0 fully saturated rings. The fourth-order valence-corrected chi connectivity index (χ4v) is 1.51. The van der Waals surface area contributed by atoms with Crippen LogP contribution in [0.4, 0.5) is 0 Å². The summed E-state index contributed by atoms with van der Waals surface area (Å²) in [6, 6.07) is 4.08. The zero-order valence-corrected chi connectivity index (χ0v) is 11.4. The highest BCUT2D eigenvalue weighted by Gasteiger charge is 2.25. The van der Waals surface area contributed by atoms with Crippen molar-refractivity contribution >= 4 is 5.97 Å². The Balaban J connectivity index is 2.31. The topological polar surface area (TPSA) is 62.2 Å². The molecule has 100 valence electrons. The predicted octanol–water partition coefficient (Wildman–Crippen LogP) is 2.23. The SMILES string of the molecule is CCc1ccc(CNCCC(C)(C)C(=O)O)cn1. The Hall–Kier alpha value is -1.42. The number of aliphatic carboxylic acids is 1. The van der Waals surface area contributed by atoms with Crippen molar-refractivity contribution in [3.8, 4) is 0 Å². The van der Waals surface area contributed by atoms with E-state index in [1.54, 1.807) is 13.8 Å². The maximum absolute atomic E-state index is 10.9. The summed E-state index contributed by atoms with van der Waals surface area (Å²) in [7, 11) is 0. The van der Waals surface area contributed by atoms with Gasteiger partial charge < -0.3 is 10.4 Å². The van der Waals surface area contributed by atoms with Crippen molar-refractivity contribution in [3.05, 3.63) is 29.6 Å². The van der Waals surface area contributed by atoms with Crippen LogP contribution in [0.3, 0.4) is 0 Å². The lowest BCUT2D eigenvalue weighted by Crippen LogP contribution is -2.28. The van der Waals surface area contributed by atoms with Gasteiger partial charge in [-0.3, -0.25) is 9.78 Å². The molecule has 0 unspecified atom stereocenters. The molecule has 4 heteroatoms. The number of aromatic nitrogens is 1. The Kier molecular flexibility index (Phi) is 5.28. The largest absolute Gasteiger partial charge is 0.481 e. The van der Waals surface area contributed by atoms with E-state index in [2.05, 4.69) is 23.3 Å².